The number of rotatable bonds is 10. The second kappa shape index (κ2) is 15.3. The fourth-order valence-electron chi connectivity index (χ4n) is 5.34. The lowest BCUT2D eigenvalue weighted by Gasteiger charge is -2.44. The number of hydrogen-bond acceptors (Lipinski definition) is 9. The summed E-state index contributed by atoms with van der Waals surface area (Å²) in [5.74, 6) is 0.243. The van der Waals surface area contributed by atoms with E-state index in [9.17, 15) is 24.9 Å². The Morgan fingerprint density at radius 2 is 1.79 bits per heavy atom. The number of thioether (sulfide) groups is 2. The largest absolute Gasteiger partial charge is 0.388 e. The molecule has 0 aromatic heterocycles. The van der Waals surface area contributed by atoms with Crippen molar-refractivity contribution in [3.8, 4) is 0 Å². The van der Waals surface area contributed by atoms with Gasteiger partial charge in [-0.15, -0.1) is 35.9 Å². The molecule has 222 valence electrons. The molecule has 1 aromatic carbocycles. The minimum Gasteiger partial charge on any atom is -0.388 e. The Kier molecular flexibility index (Phi) is 13.4. The van der Waals surface area contributed by atoms with Gasteiger partial charge in [-0.2, -0.15) is 0 Å². The first kappa shape index (κ1) is 34.2. The predicted molar refractivity (Wildman–Crippen MR) is 159 cm³/mol. The van der Waals surface area contributed by atoms with Crippen LogP contribution < -0.4 is 5.32 Å². The molecule has 2 heterocycles. The van der Waals surface area contributed by atoms with Gasteiger partial charge in [0, 0.05) is 36.3 Å². The average molecular weight is 606 g/mol. The van der Waals surface area contributed by atoms with Crippen molar-refractivity contribution in [3.05, 3.63) is 29.8 Å². The molecule has 0 radical (unpaired) electrons. The van der Waals surface area contributed by atoms with Crippen molar-refractivity contribution in [1.29, 1.82) is 0 Å². The molecule has 2 aliphatic heterocycles. The van der Waals surface area contributed by atoms with E-state index < -0.39 is 35.9 Å². The first-order valence-electron chi connectivity index (χ1n) is 13.2. The molecule has 9 nitrogen and oxygen atoms in total. The molecule has 2 aliphatic rings. The molecule has 2 saturated heterocycles. The van der Waals surface area contributed by atoms with Crippen LogP contribution >= 0.6 is 35.9 Å². The molecule has 9 atom stereocenters. The van der Waals surface area contributed by atoms with Gasteiger partial charge in [0.25, 0.3) is 5.91 Å². The molecule has 39 heavy (non-hydrogen) atoms. The van der Waals surface area contributed by atoms with Crippen molar-refractivity contribution in [1.82, 2.24) is 15.1 Å². The molecular formula is C27H44ClN3O6S2. The number of aliphatic hydroxyl groups excluding tert-OH is 3. The number of halogens is 1. The average Bonchev–Trinajstić information content (AvgIpc) is 3.26. The molecule has 0 spiro atoms. The van der Waals surface area contributed by atoms with Crippen LogP contribution in [0, 0.1) is 5.92 Å². The van der Waals surface area contributed by atoms with Crippen LogP contribution in [0.2, 0.25) is 0 Å². The fraction of sp³-hybridized carbons (Fsp3) is 0.704. The molecule has 1 aromatic rings. The molecule has 12 heteroatoms. The predicted octanol–water partition coefficient (Wildman–Crippen LogP) is 2.07. The highest BCUT2D eigenvalue weighted by Crippen LogP contribution is 2.34. The molecular weight excluding hydrogens is 562 g/mol. The lowest BCUT2D eigenvalue weighted by molar-refractivity contribution is -0.205. The highest BCUT2D eigenvalue weighted by molar-refractivity contribution is 8.00. The van der Waals surface area contributed by atoms with Gasteiger partial charge in [-0.1, -0.05) is 20.3 Å². The lowest BCUT2D eigenvalue weighted by atomic mass is 9.92. The highest BCUT2D eigenvalue weighted by Gasteiger charge is 2.48. The number of ether oxygens (including phenoxy) is 1. The molecule has 0 bridgehead atoms. The number of amides is 2. The Labute approximate surface area is 246 Å². The van der Waals surface area contributed by atoms with Crippen molar-refractivity contribution in [2.75, 3.05) is 33.9 Å². The first-order chi connectivity index (χ1) is 18.0. The molecule has 2 fully saturated rings. The zero-order chi connectivity index (χ0) is 28.1. The number of nitrogens with zero attached hydrogens (tertiary/aromatic N) is 2. The summed E-state index contributed by atoms with van der Waals surface area (Å²) in [6.45, 7) is 4.95. The van der Waals surface area contributed by atoms with Crippen LogP contribution in [0.25, 0.3) is 0 Å². The van der Waals surface area contributed by atoms with E-state index in [-0.39, 0.29) is 35.5 Å². The van der Waals surface area contributed by atoms with Gasteiger partial charge in [0.1, 0.15) is 29.9 Å². The van der Waals surface area contributed by atoms with E-state index in [1.165, 1.54) is 28.4 Å². The van der Waals surface area contributed by atoms with E-state index in [2.05, 4.69) is 17.1 Å². The minimum atomic E-state index is -1.40. The summed E-state index contributed by atoms with van der Waals surface area (Å²) in [5, 5.41) is 34.8. The van der Waals surface area contributed by atoms with Crippen molar-refractivity contribution < 1.29 is 29.6 Å². The van der Waals surface area contributed by atoms with E-state index in [0.29, 0.717) is 11.5 Å². The molecule has 0 saturated carbocycles. The summed E-state index contributed by atoms with van der Waals surface area (Å²) in [7, 11) is 5.37. The second-order valence-corrected chi connectivity index (χ2v) is 13.0. The summed E-state index contributed by atoms with van der Waals surface area (Å²) in [6, 6.07) is 6.32. The van der Waals surface area contributed by atoms with Gasteiger partial charge in [-0.3, -0.25) is 14.5 Å². The van der Waals surface area contributed by atoms with Crippen LogP contribution in [-0.4, -0.2) is 118 Å². The van der Waals surface area contributed by atoms with Crippen molar-refractivity contribution >= 4 is 47.7 Å². The molecule has 0 unspecified atom stereocenters. The van der Waals surface area contributed by atoms with E-state index >= 15 is 0 Å². The third-order valence-corrected chi connectivity index (χ3v) is 9.54. The third-order valence-electron chi connectivity index (χ3n) is 7.47. The summed E-state index contributed by atoms with van der Waals surface area (Å²) in [6.07, 6.45) is -0.273. The molecule has 2 amide bonds. The number of carbonyl (C=O) groups is 2. The SMILES string of the molecule is CCC[C@@H]1C[C@@H](C(=O)N[C@@H]([C@H]2O[C@H](SC)[C@H](O)[C@@H](O)[C@H]2O)[C@H](C)Sc2ccc(C(=O)N(C)C)cc2)N(C)C1.Cl. The third kappa shape index (κ3) is 8.25. The summed E-state index contributed by atoms with van der Waals surface area (Å²) in [4.78, 5) is 30.3. The zero-order valence-electron chi connectivity index (χ0n) is 23.5. The lowest BCUT2D eigenvalue weighted by Crippen LogP contribution is -2.65. The Morgan fingerprint density at radius 3 is 2.36 bits per heavy atom. The molecule has 0 aliphatic carbocycles. The smallest absolute Gasteiger partial charge is 0.253 e. The maximum absolute atomic E-state index is 13.5. The molecule has 4 N–H and O–H groups in total. The van der Waals surface area contributed by atoms with E-state index in [1.807, 2.05) is 26.1 Å². The fourth-order valence-corrected chi connectivity index (χ4v) is 7.12. The van der Waals surface area contributed by atoms with Gasteiger partial charge in [0.2, 0.25) is 5.91 Å². The topological polar surface area (TPSA) is 123 Å². The van der Waals surface area contributed by atoms with Gasteiger partial charge in [-0.25, -0.2) is 0 Å². The van der Waals surface area contributed by atoms with Gasteiger partial charge in [0.05, 0.1) is 12.1 Å². The minimum absolute atomic E-state index is 0. The number of likely N-dealkylation sites (tertiary alicyclic amines) is 1. The Bertz CT molecular complexity index is 941. The van der Waals surface area contributed by atoms with Crippen LogP contribution in [-0.2, 0) is 9.53 Å². The van der Waals surface area contributed by atoms with Gasteiger partial charge >= 0.3 is 0 Å². The van der Waals surface area contributed by atoms with Crippen LogP contribution in [0.5, 0.6) is 0 Å². The highest BCUT2D eigenvalue weighted by atomic mass is 35.5. The van der Waals surface area contributed by atoms with Gasteiger partial charge in [0.15, 0.2) is 0 Å². The second-order valence-electron chi connectivity index (χ2n) is 10.6. The number of benzene rings is 1. The monoisotopic (exact) mass is 605 g/mol. The Hall–Kier alpha value is -1.05. The van der Waals surface area contributed by atoms with Crippen molar-refractivity contribution in [2.45, 2.75) is 85.2 Å². The van der Waals surface area contributed by atoms with Gasteiger partial charge in [-0.05, 0) is 56.3 Å². The van der Waals surface area contributed by atoms with Crippen molar-refractivity contribution in [2.24, 2.45) is 5.92 Å². The quantitative estimate of drug-likeness (QED) is 0.297. The standard InChI is InChI=1S/C27H43N3O6S2.ClH/c1-7-8-16-13-19(30(5)14-16)25(34)28-20(24-22(32)21(31)23(33)27(36-24)37-6)15(2)38-18-11-9-17(10-12-18)26(35)29(3)4;/h9-12,15-16,19-24,27,31-33H,7-8,13-14H2,1-6H3,(H,28,34);1H/t15-,16+,19-,20+,21-,22+,23+,24+,27+;/m0./s1. The zero-order valence-corrected chi connectivity index (χ0v) is 26.0. The van der Waals surface area contributed by atoms with Crippen LogP contribution in [0.3, 0.4) is 0 Å². The summed E-state index contributed by atoms with van der Waals surface area (Å²) >= 11 is 2.73. The van der Waals surface area contributed by atoms with E-state index in [0.717, 1.165) is 30.7 Å². The Balaban J connectivity index is 0.00000533. The summed E-state index contributed by atoms with van der Waals surface area (Å²) in [5.41, 5.74) is -0.164. The number of hydrogen-bond donors (Lipinski definition) is 4. The normalized spacial score (nSPS) is 30.7. The number of carbonyl (C=O) groups excluding carboxylic acids is 2. The number of nitrogens with one attached hydrogen (secondary N) is 1. The number of aliphatic hydroxyl groups is 3. The first-order valence-corrected chi connectivity index (χ1v) is 15.4. The van der Waals surface area contributed by atoms with Crippen LogP contribution in [0.1, 0.15) is 43.5 Å². The van der Waals surface area contributed by atoms with Crippen LogP contribution in [0.15, 0.2) is 29.2 Å². The summed E-state index contributed by atoms with van der Waals surface area (Å²) < 4.78 is 6.09. The Morgan fingerprint density at radius 1 is 1.15 bits per heavy atom. The molecule has 3 rings (SSSR count). The van der Waals surface area contributed by atoms with Gasteiger partial charge < -0.3 is 30.3 Å². The van der Waals surface area contributed by atoms with Crippen LogP contribution in [0.4, 0.5) is 0 Å². The van der Waals surface area contributed by atoms with E-state index in [1.54, 1.807) is 32.5 Å². The van der Waals surface area contributed by atoms with Crippen molar-refractivity contribution in [3.63, 3.8) is 0 Å². The number of likely N-dealkylation sites (N-methyl/N-ethyl adjacent to an activating group) is 1. The maximum atomic E-state index is 13.5. The van der Waals surface area contributed by atoms with E-state index in [4.69, 9.17) is 4.74 Å². The maximum Gasteiger partial charge on any atom is 0.253 e.